The summed E-state index contributed by atoms with van der Waals surface area (Å²) >= 11 is 0. The number of nitrogens with one attached hydrogen (secondary N) is 2. The first-order chi connectivity index (χ1) is 8.19. The van der Waals surface area contributed by atoms with Crippen molar-refractivity contribution in [1.29, 1.82) is 0 Å². The molecule has 0 aromatic heterocycles. The van der Waals surface area contributed by atoms with Crippen LogP contribution in [0.2, 0.25) is 0 Å². The Morgan fingerprint density at radius 2 is 2.12 bits per heavy atom. The summed E-state index contributed by atoms with van der Waals surface area (Å²) in [4.78, 5) is 11.2. The fraction of sp³-hybridized carbons (Fsp3) is 0.462. The molecule has 1 amide bonds. The van der Waals surface area contributed by atoms with Gasteiger partial charge in [-0.15, -0.1) is 0 Å². The Bertz CT molecular complexity index is 366. The summed E-state index contributed by atoms with van der Waals surface area (Å²) in [6, 6.07) is 7.92. The number of amides is 1. The smallest absolute Gasteiger partial charge is 0.411 e. The monoisotopic (exact) mass is 236 g/mol. The van der Waals surface area contributed by atoms with Gasteiger partial charge in [-0.25, -0.2) is 4.79 Å². The van der Waals surface area contributed by atoms with E-state index in [0.717, 1.165) is 24.2 Å². The van der Waals surface area contributed by atoms with Gasteiger partial charge >= 0.3 is 6.09 Å². The molecule has 0 heterocycles. The number of carbonyl (C=O) groups is 1. The zero-order valence-electron chi connectivity index (χ0n) is 10.6. The fourth-order valence-electron chi connectivity index (χ4n) is 1.62. The minimum absolute atomic E-state index is 0.198. The minimum atomic E-state index is -0.444. The number of carbonyl (C=O) groups excluding carboxylic acids is 1. The molecule has 17 heavy (non-hydrogen) atoms. The van der Waals surface area contributed by atoms with E-state index in [4.69, 9.17) is 0 Å². The third-order valence-electron chi connectivity index (χ3n) is 2.55. The second kappa shape index (κ2) is 6.91. The number of ether oxygens (including phenoxy) is 1. The maximum atomic E-state index is 11.2. The molecule has 1 unspecified atom stereocenters. The van der Waals surface area contributed by atoms with E-state index >= 15 is 0 Å². The lowest BCUT2D eigenvalue weighted by molar-refractivity contribution is 0.187. The van der Waals surface area contributed by atoms with Crippen molar-refractivity contribution >= 4 is 11.8 Å². The van der Waals surface area contributed by atoms with Crippen LogP contribution >= 0.6 is 0 Å². The molecule has 0 aliphatic carbocycles. The van der Waals surface area contributed by atoms with Crippen molar-refractivity contribution in [2.24, 2.45) is 0 Å². The van der Waals surface area contributed by atoms with Gasteiger partial charge in [0.05, 0.1) is 7.11 Å². The average molecular weight is 236 g/mol. The molecule has 0 aliphatic heterocycles. The van der Waals surface area contributed by atoms with E-state index in [2.05, 4.69) is 29.2 Å². The van der Waals surface area contributed by atoms with Gasteiger partial charge in [0, 0.05) is 11.7 Å². The van der Waals surface area contributed by atoms with Crippen molar-refractivity contribution < 1.29 is 9.53 Å². The molecule has 0 aliphatic rings. The summed E-state index contributed by atoms with van der Waals surface area (Å²) in [6.07, 6.45) is 0.636. The van der Waals surface area contributed by atoms with Crippen LogP contribution in [0.15, 0.2) is 24.3 Å². The Kier molecular flexibility index (Phi) is 5.49. The lowest BCUT2D eigenvalue weighted by atomic mass is 10.1. The van der Waals surface area contributed by atoms with Crippen LogP contribution in [0.4, 0.5) is 10.5 Å². The number of methoxy groups -OCH3 is 1. The van der Waals surface area contributed by atoms with Gasteiger partial charge < -0.3 is 10.1 Å². The normalized spacial score (nSPS) is 11.9. The topological polar surface area (TPSA) is 50.4 Å². The van der Waals surface area contributed by atoms with Crippen molar-refractivity contribution in [3.05, 3.63) is 29.8 Å². The summed E-state index contributed by atoms with van der Waals surface area (Å²) in [5, 5.41) is 6.10. The minimum Gasteiger partial charge on any atom is -0.453 e. The number of rotatable bonds is 5. The van der Waals surface area contributed by atoms with Crippen LogP contribution < -0.4 is 10.6 Å². The zero-order chi connectivity index (χ0) is 12.7. The van der Waals surface area contributed by atoms with E-state index in [9.17, 15) is 4.79 Å². The first-order valence-electron chi connectivity index (χ1n) is 5.86. The molecule has 0 spiro atoms. The van der Waals surface area contributed by atoms with Crippen LogP contribution in [0.5, 0.6) is 0 Å². The predicted molar refractivity (Wildman–Crippen MR) is 69.2 cm³/mol. The number of anilines is 1. The number of hydrogen-bond donors (Lipinski definition) is 2. The van der Waals surface area contributed by atoms with Gasteiger partial charge in [0.15, 0.2) is 0 Å². The molecule has 1 rings (SSSR count). The highest BCUT2D eigenvalue weighted by Gasteiger charge is 2.11. The highest BCUT2D eigenvalue weighted by Crippen LogP contribution is 2.22. The molecule has 94 valence electrons. The molecule has 1 atom stereocenters. The summed E-state index contributed by atoms with van der Waals surface area (Å²) in [5.74, 6) is 0. The van der Waals surface area contributed by atoms with Gasteiger partial charge in [0.2, 0.25) is 0 Å². The van der Waals surface area contributed by atoms with Gasteiger partial charge in [-0.1, -0.05) is 25.1 Å². The zero-order valence-corrected chi connectivity index (χ0v) is 10.6. The molecule has 1 aromatic carbocycles. The van der Waals surface area contributed by atoms with Crippen LogP contribution in [-0.2, 0) is 4.74 Å². The first kappa shape index (κ1) is 13.5. The Labute approximate surface area is 102 Å². The standard InChI is InChI=1S/C13H20N2O2/c1-4-9-14-10(2)11-7-5-6-8-12(11)15-13(16)17-3/h5-8,10,14H,4,9H2,1-3H3,(H,15,16). The quantitative estimate of drug-likeness (QED) is 0.826. The first-order valence-corrected chi connectivity index (χ1v) is 5.86. The molecular weight excluding hydrogens is 216 g/mol. The van der Waals surface area contributed by atoms with Gasteiger partial charge in [-0.3, -0.25) is 5.32 Å². The second-order valence-corrected chi connectivity index (χ2v) is 3.88. The lowest BCUT2D eigenvalue weighted by Gasteiger charge is -2.17. The van der Waals surface area contributed by atoms with Gasteiger partial charge in [0.25, 0.3) is 0 Å². The number of para-hydroxylation sites is 1. The molecule has 4 heteroatoms. The van der Waals surface area contributed by atoms with E-state index in [1.807, 2.05) is 24.3 Å². The number of benzene rings is 1. The molecule has 0 saturated carbocycles. The summed E-state index contributed by atoms with van der Waals surface area (Å²) in [7, 11) is 1.36. The van der Waals surface area contributed by atoms with Crippen LogP contribution in [0.25, 0.3) is 0 Å². The van der Waals surface area contributed by atoms with Crippen molar-refractivity contribution in [2.45, 2.75) is 26.3 Å². The van der Waals surface area contributed by atoms with E-state index < -0.39 is 6.09 Å². The molecular formula is C13H20N2O2. The van der Waals surface area contributed by atoms with Crippen LogP contribution in [-0.4, -0.2) is 19.7 Å². The summed E-state index contributed by atoms with van der Waals surface area (Å²) in [6.45, 7) is 5.15. The summed E-state index contributed by atoms with van der Waals surface area (Å²) in [5.41, 5.74) is 1.85. The Morgan fingerprint density at radius 1 is 1.41 bits per heavy atom. The van der Waals surface area contributed by atoms with E-state index in [1.165, 1.54) is 7.11 Å². The highest BCUT2D eigenvalue weighted by molar-refractivity contribution is 5.85. The molecule has 0 fully saturated rings. The van der Waals surface area contributed by atoms with E-state index in [0.29, 0.717) is 0 Å². The fourth-order valence-corrected chi connectivity index (χ4v) is 1.62. The Morgan fingerprint density at radius 3 is 2.76 bits per heavy atom. The van der Waals surface area contributed by atoms with Crippen molar-refractivity contribution in [1.82, 2.24) is 5.32 Å². The molecule has 4 nitrogen and oxygen atoms in total. The SMILES string of the molecule is CCCNC(C)c1ccccc1NC(=O)OC. The molecule has 0 saturated heterocycles. The van der Waals surface area contributed by atoms with Crippen LogP contribution in [0.1, 0.15) is 31.9 Å². The Hall–Kier alpha value is -1.55. The van der Waals surface area contributed by atoms with Gasteiger partial charge in [0.1, 0.15) is 0 Å². The largest absolute Gasteiger partial charge is 0.453 e. The molecule has 0 bridgehead atoms. The van der Waals surface area contributed by atoms with Crippen molar-refractivity contribution in [3.63, 3.8) is 0 Å². The van der Waals surface area contributed by atoms with Gasteiger partial charge in [-0.05, 0) is 31.5 Å². The molecule has 2 N–H and O–H groups in total. The second-order valence-electron chi connectivity index (χ2n) is 3.88. The van der Waals surface area contributed by atoms with Crippen LogP contribution in [0, 0.1) is 0 Å². The molecule has 0 radical (unpaired) electrons. The predicted octanol–water partition coefficient (Wildman–Crippen LogP) is 2.93. The third kappa shape index (κ3) is 4.07. The molecule has 1 aromatic rings. The lowest BCUT2D eigenvalue weighted by Crippen LogP contribution is -2.21. The van der Waals surface area contributed by atoms with Gasteiger partial charge in [-0.2, -0.15) is 0 Å². The van der Waals surface area contributed by atoms with E-state index in [1.54, 1.807) is 0 Å². The summed E-state index contributed by atoms with van der Waals surface area (Å²) < 4.78 is 4.60. The third-order valence-corrected chi connectivity index (χ3v) is 2.55. The van der Waals surface area contributed by atoms with E-state index in [-0.39, 0.29) is 6.04 Å². The van der Waals surface area contributed by atoms with Crippen LogP contribution in [0.3, 0.4) is 0 Å². The maximum Gasteiger partial charge on any atom is 0.411 e. The van der Waals surface area contributed by atoms with Crippen molar-refractivity contribution in [3.8, 4) is 0 Å². The Balaban J connectivity index is 2.79. The number of hydrogen-bond acceptors (Lipinski definition) is 3. The highest BCUT2D eigenvalue weighted by atomic mass is 16.5. The van der Waals surface area contributed by atoms with Crippen molar-refractivity contribution in [2.75, 3.05) is 19.0 Å². The maximum absolute atomic E-state index is 11.2. The average Bonchev–Trinajstić information content (AvgIpc) is 2.36.